The zero-order valence-electron chi connectivity index (χ0n) is 9.99. The molecule has 2 aliphatic heterocycles. The van der Waals surface area contributed by atoms with Gasteiger partial charge >= 0.3 is 0 Å². The number of piperidine rings is 1. The maximum atomic E-state index is 3.53. The van der Waals surface area contributed by atoms with Crippen LogP contribution in [0.5, 0.6) is 0 Å². The minimum absolute atomic E-state index is 0.725. The molecule has 2 nitrogen and oxygen atoms in total. The van der Waals surface area contributed by atoms with Crippen molar-refractivity contribution in [1.29, 1.82) is 0 Å². The van der Waals surface area contributed by atoms with Crippen LogP contribution in [0, 0.1) is 5.41 Å². The molecule has 15 heavy (non-hydrogen) atoms. The Labute approximate surface area is 94.2 Å². The van der Waals surface area contributed by atoms with Gasteiger partial charge in [-0.25, -0.2) is 0 Å². The number of hydrogen-bond acceptors (Lipinski definition) is 2. The average Bonchev–Trinajstić information content (AvgIpc) is 2.29. The van der Waals surface area contributed by atoms with Gasteiger partial charge in [0.25, 0.3) is 0 Å². The Morgan fingerprint density at radius 2 is 1.07 bits per heavy atom. The molecule has 0 aromatic heterocycles. The summed E-state index contributed by atoms with van der Waals surface area (Å²) in [4.78, 5) is 0. The fourth-order valence-electron chi connectivity index (χ4n) is 3.21. The van der Waals surface area contributed by atoms with Crippen LogP contribution in [0.2, 0.25) is 0 Å². The Morgan fingerprint density at radius 1 is 0.533 bits per heavy atom. The summed E-state index contributed by atoms with van der Waals surface area (Å²) in [5, 5.41) is 7.04. The molecule has 0 atom stereocenters. The van der Waals surface area contributed by atoms with E-state index in [9.17, 15) is 0 Å². The van der Waals surface area contributed by atoms with Gasteiger partial charge in [-0.1, -0.05) is 12.8 Å². The first-order valence-corrected chi connectivity index (χ1v) is 6.83. The number of nitrogens with one attached hydrogen (secondary N) is 2. The van der Waals surface area contributed by atoms with E-state index in [0.29, 0.717) is 0 Å². The molecule has 2 saturated heterocycles. The lowest BCUT2D eigenvalue weighted by molar-refractivity contribution is 0.155. The molecule has 0 aromatic carbocycles. The molecule has 88 valence electrons. The summed E-state index contributed by atoms with van der Waals surface area (Å²) in [6.45, 7) is 5.01. The summed E-state index contributed by atoms with van der Waals surface area (Å²) in [6, 6.07) is 0. The first kappa shape index (κ1) is 11.4. The molecule has 0 unspecified atom stereocenters. The lowest BCUT2D eigenvalue weighted by Crippen LogP contribution is -2.37. The van der Waals surface area contributed by atoms with Gasteiger partial charge in [-0.05, 0) is 70.1 Å². The van der Waals surface area contributed by atoms with Crippen LogP contribution in [0.4, 0.5) is 0 Å². The van der Waals surface area contributed by atoms with E-state index in [4.69, 9.17) is 0 Å². The van der Waals surface area contributed by atoms with Crippen molar-refractivity contribution in [3.05, 3.63) is 0 Å². The van der Waals surface area contributed by atoms with E-state index in [1.807, 2.05) is 0 Å². The van der Waals surface area contributed by atoms with Crippen molar-refractivity contribution >= 4 is 0 Å². The molecule has 0 bridgehead atoms. The van der Waals surface area contributed by atoms with E-state index < -0.39 is 0 Å². The van der Waals surface area contributed by atoms with Crippen LogP contribution in [-0.4, -0.2) is 26.2 Å². The van der Waals surface area contributed by atoms with Crippen molar-refractivity contribution in [2.24, 2.45) is 5.41 Å². The van der Waals surface area contributed by atoms with Gasteiger partial charge in [-0.3, -0.25) is 0 Å². The highest BCUT2D eigenvalue weighted by Gasteiger charge is 2.30. The first-order valence-electron chi connectivity index (χ1n) is 6.83. The highest BCUT2D eigenvalue weighted by atomic mass is 14.9. The molecule has 2 heterocycles. The van der Waals surface area contributed by atoms with Crippen molar-refractivity contribution in [3.8, 4) is 0 Å². The number of rotatable bonds is 0. The summed E-state index contributed by atoms with van der Waals surface area (Å²) in [5.41, 5.74) is 0.725. The number of hydrogen-bond donors (Lipinski definition) is 2. The van der Waals surface area contributed by atoms with Crippen LogP contribution >= 0.6 is 0 Å². The summed E-state index contributed by atoms with van der Waals surface area (Å²) < 4.78 is 0. The van der Waals surface area contributed by atoms with Gasteiger partial charge in [0.05, 0.1) is 0 Å². The topological polar surface area (TPSA) is 24.1 Å². The molecular weight excluding hydrogens is 184 g/mol. The second-order valence-electron chi connectivity index (χ2n) is 5.41. The molecule has 0 aliphatic carbocycles. The maximum absolute atomic E-state index is 3.53. The third kappa shape index (κ3) is 3.46. The summed E-state index contributed by atoms with van der Waals surface area (Å²) in [5.74, 6) is 0. The minimum atomic E-state index is 0.725. The van der Waals surface area contributed by atoms with Gasteiger partial charge in [-0.2, -0.15) is 0 Å². The summed E-state index contributed by atoms with van der Waals surface area (Å²) in [7, 11) is 0. The third-order valence-electron chi connectivity index (χ3n) is 4.29. The second kappa shape index (κ2) is 5.86. The molecular formula is C13H26N2. The zero-order chi connectivity index (χ0) is 10.4. The normalized spacial score (nSPS) is 28.8. The van der Waals surface area contributed by atoms with Crippen LogP contribution in [0.3, 0.4) is 0 Å². The minimum Gasteiger partial charge on any atom is -0.317 e. The van der Waals surface area contributed by atoms with Crippen LogP contribution in [0.1, 0.15) is 51.4 Å². The molecule has 2 fully saturated rings. The molecule has 0 saturated carbocycles. The third-order valence-corrected chi connectivity index (χ3v) is 4.29. The van der Waals surface area contributed by atoms with E-state index >= 15 is 0 Å². The Kier molecular flexibility index (Phi) is 4.45. The molecule has 2 heteroatoms. The van der Waals surface area contributed by atoms with E-state index in [-0.39, 0.29) is 0 Å². The fourth-order valence-corrected chi connectivity index (χ4v) is 3.21. The van der Waals surface area contributed by atoms with Crippen LogP contribution in [0.25, 0.3) is 0 Å². The van der Waals surface area contributed by atoms with E-state index in [1.165, 1.54) is 77.5 Å². The van der Waals surface area contributed by atoms with Crippen LogP contribution in [-0.2, 0) is 0 Å². The second-order valence-corrected chi connectivity index (χ2v) is 5.41. The van der Waals surface area contributed by atoms with Gasteiger partial charge < -0.3 is 10.6 Å². The largest absolute Gasteiger partial charge is 0.317 e. The summed E-state index contributed by atoms with van der Waals surface area (Å²) in [6.07, 6.45) is 11.5. The van der Waals surface area contributed by atoms with Crippen LogP contribution in [0.15, 0.2) is 0 Å². The predicted molar refractivity (Wildman–Crippen MR) is 65.1 cm³/mol. The van der Waals surface area contributed by atoms with Crippen LogP contribution < -0.4 is 10.6 Å². The molecule has 2 aliphatic rings. The lowest BCUT2D eigenvalue weighted by atomic mass is 9.71. The lowest BCUT2D eigenvalue weighted by Gasteiger charge is -2.38. The van der Waals surface area contributed by atoms with Gasteiger partial charge in [0.2, 0.25) is 0 Å². The van der Waals surface area contributed by atoms with E-state index in [0.717, 1.165) is 5.41 Å². The molecule has 2 N–H and O–H groups in total. The quantitative estimate of drug-likeness (QED) is 0.641. The van der Waals surface area contributed by atoms with Crippen molar-refractivity contribution in [1.82, 2.24) is 10.6 Å². The van der Waals surface area contributed by atoms with Gasteiger partial charge in [0.1, 0.15) is 0 Å². The fraction of sp³-hybridized carbons (Fsp3) is 1.00. The standard InChI is InChI=1S/C13H26N2/c1-3-9-14-10-4-2-6-13(5-1)7-11-15-12-8-13/h14-15H,1-12H2. The smallest absolute Gasteiger partial charge is 0.00436 e. The molecule has 2 rings (SSSR count). The Bertz CT molecular complexity index is 161. The van der Waals surface area contributed by atoms with E-state index in [1.54, 1.807) is 0 Å². The Morgan fingerprint density at radius 3 is 1.67 bits per heavy atom. The molecule has 1 spiro atoms. The Balaban J connectivity index is 1.87. The summed E-state index contributed by atoms with van der Waals surface area (Å²) >= 11 is 0. The van der Waals surface area contributed by atoms with Gasteiger partial charge in [0, 0.05) is 0 Å². The molecule has 0 aromatic rings. The SMILES string of the molecule is C1CCC2(CCCCNC1)CCNCC2. The average molecular weight is 210 g/mol. The van der Waals surface area contributed by atoms with Crippen molar-refractivity contribution in [2.75, 3.05) is 26.2 Å². The van der Waals surface area contributed by atoms with Crippen molar-refractivity contribution in [2.45, 2.75) is 51.4 Å². The van der Waals surface area contributed by atoms with Gasteiger partial charge in [-0.15, -0.1) is 0 Å². The zero-order valence-corrected chi connectivity index (χ0v) is 9.99. The monoisotopic (exact) mass is 210 g/mol. The highest BCUT2D eigenvalue weighted by molar-refractivity contribution is 4.85. The highest BCUT2D eigenvalue weighted by Crippen LogP contribution is 2.39. The molecule has 0 radical (unpaired) electrons. The molecule has 0 amide bonds. The van der Waals surface area contributed by atoms with Crippen molar-refractivity contribution < 1.29 is 0 Å². The van der Waals surface area contributed by atoms with E-state index in [2.05, 4.69) is 10.6 Å². The maximum Gasteiger partial charge on any atom is -0.00436 e. The van der Waals surface area contributed by atoms with Crippen molar-refractivity contribution in [3.63, 3.8) is 0 Å². The van der Waals surface area contributed by atoms with Gasteiger partial charge in [0.15, 0.2) is 0 Å². The Hall–Kier alpha value is -0.0800. The first-order chi connectivity index (χ1) is 7.41. The predicted octanol–water partition coefficient (Wildman–Crippen LogP) is 2.30.